The minimum absolute atomic E-state index is 0.651. The van der Waals surface area contributed by atoms with Crippen LogP contribution in [0.2, 0.25) is 0 Å². The molecule has 0 saturated carbocycles. The highest BCUT2D eigenvalue weighted by Gasteiger charge is 2.24. The van der Waals surface area contributed by atoms with Gasteiger partial charge < -0.3 is 4.90 Å². The molecule has 1 aromatic rings. The van der Waals surface area contributed by atoms with Crippen LogP contribution in [0.25, 0.3) is 0 Å². The SMILES string of the molecule is CC1CCN(c2ccc(Br)cc2CBr)C(C)C1. The molecule has 0 radical (unpaired) electrons. The zero-order valence-electron chi connectivity index (χ0n) is 10.4. The van der Waals surface area contributed by atoms with Crippen molar-refractivity contribution >= 4 is 37.5 Å². The van der Waals surface area contributed by atoms with Crippen LogP contribution in [-0.2, 0) is 5.33 Å². The van der Waals surface area contributed by atoms with E-state index in [0.717, 1.165) is 15.7 Å². The lowest BCUT2D eigenvalue weighted by atomic mass is 9.92. The summed E-state index contributed by atoms with van der Waals surface area (Å²) in [6, 6.07) is 7.26. The van der Waals surface area contributed by atoms with Crippen molar-refractivity contribution in [2.75, 3.05) is 11.4 Å². The lowest BCUT2D eigenvalue weighted by Gasteiger charge is -2.39. The molecule has 94 valence electrons. The molecule has 1 aliphatic rings. The summed E-state index contributed by atoms with van der Waals surface area (Å²) in [5.41, 5.74) is 2.77. The number of nitrogens with zero attached hydrogens (tertiary/aromatic N) is 1. The Bertz CT molecular complexity index is 392. The number of alkyl halides is 1. The smallest absolute Gasteiger partial charge is 0.0410 e. The standard InChI is InChI=1S/C14H19Br2N/c1-10-5-6-17(11(2)7-10)14-4-3-13(16)8-12(14)9-15/h3-4,8,10-11H,5-7,9H2,1-2H3. The Morgan fingerprint density at radius 2 is 2.12 bits per heavy atom. The van der Waals surface area contributed by atoms with Gasteiger partial charge in [0.25, 0.3) is 0 Å². The van der Waals surface area contributed by atoms with Crippen LogP contribution in [0.15, 0.2) is 22.7 Å². The highest BCUT2D eigenvalue weighted by atomic mass is 79.9. The summed E-state index contributed by atoms with van der Waals surface area (Å²) >= 11 is 7.14. The molecule has 2 unspecified atom stereocenters. The van der Waals surface area contributed by atoms with Crippen LogP contribution in [0.3, 0.4) is 0 Å². The Morgan fingerprint density at radius 1 is 1.35 bits per heavy atom. The van der Waals surface area contributed by atoms with Gasteiger partial charge in [-0.2, -0.15) is 0 Å². The largest absolute Gasteiger partial charge is 0.369 e. The zero-order chi connectivity index (χ0) is 12.4. The number of hydrogen-bond donors (Lipinski definition) is 0. The van der Waals surface area contributed by atoms with Crippen molar-refractivity contribution in [1.82, 2.24) is 0 Å². The lowest BCUT2D eigenvalue weighted by molar-refractivity contribution is 0.377. The van der Waals surface area contributed by atoms with Gasteiger partial charge in [-0.15, -0.1) is 0 Å². The molecule has 0 amide bonds. The molecule has 0 aliphatic carbocycles. The number of hydrogen-bond acceptors (Lipinski definition) is 1. The molecule has 0 spiro atoms. The molecule has 1 fully saturated rings. The van der Waals surface area contributed by atoms with Gasteiger partial charge in [0.1, 0.15) is 0 Å². The predicted octanol–water partition coefficient (Wildman–Crippen LogP) is 4.97. The average Bonchev–Trinajstić information content (AvgIpc) is 2.30. The molecule has 1 aliphatic heterocycles. The predicted molar refractivity (Wildman–Crippen MR) is 82.0 cm³/mol. The second-order valence-electron chi connectivity index (χ2n) is 5.08. The molecule has 1 aromatic carbocycles. The van der Waals surface area contributed by atoms with Gasteiger partial charge in [0.15, 0.2) is 0 Å². The van der Waals surface area contributed by atoms with Crippen LogP contribution >= 0.6 is 31.9 Å². The monoisotopic (exact) mass is 359 g/mol. The van der Waals surface area contributed by atoms with Gasteiger partial charge in [-0.25, -0.2) is 0 Å². The van der Waals surface area contributed by atoms with Crippen molar-refractivity contribution in [3.63, 3.8) is 0 Å². The maximum absolute atomic E-state index is 3.59. The summed E-state index contributed by atoms with van der Waals surface area (Å²) in [6.07, 6.45) is 2.61. The van der Waals surface area contributed by atoms with E-state index >= 15 is 0 Å². The summed E-state index contributed by atoms with van der Waals surface area (Å²) in [5, 5.41) is 0.917. The van der Waals surface area contributed by atoms with Crippen molar-refractivity contribution in [2.45, 2.75) is 38.1 Å². The molecule has 1 nitrogen and oxygen atoms in total. The minimum Gasteiger partial charge on any atom is -0.369 e. The molecule has 3 heteroatoms. The van der Waals surface area contributed by atoms with Crippen LogP contribution in [-0.4, -0.2) is 12.6 Å². The summed E-state index contributed by atoms with van der Waals surface area (Å²) < 4.78 is 1.16. The van der Waals surface area contributed by atoms with E-state index in [9.17, 15) is 0 Å². The highest BCUT2D eigenvalue weighted by Crippen LogP contribution is 2.32. The van der Waals surface area contributed by atoms with Gasteiger partial charge in [0.2, 0.25) is 0 Å². The molecule has 2 rings (SSSR count). The molecular formula is C14H19Br2N. The van der Waals surface area contributed by atoms with Gasteiger partial charge >= 0.3 is 0 Å². The van der Waals surface area contributed by atoms with Crippen LogP contribution in [0, 0.1) is 5.92 Å². The van der Waals surface area contributed by atoms with Gasteiger partial charge in [-0.3, -0.25) is 0 Å². The molecule has 0 bridgehead atoms. The molecular weight excluding hydrogens is 342 g/mol. The topological polar surface area (TPSA) is 3.24 Å². The van der Waals surface area contributed by atoms with Crippen LogP contribution in [0.5, 0.6) is 0 Å². The fraction of sp³-hybridized carbons (Fsp3) is 0.571. The quantitative estimate of drug-likeness (QED) is 0.673. The van der Waals surface area contributed by atoms with Gasteiger partial charge in [0, 0.05) is 28.1 Å². The van der Waals surface area contributed by atoms with Gasteiger partial charge in [-0.1, -0.05) is 38.8 Å². The van der Waals surface area contributed by atoms with E-state index in [1.807, 2.05) is 0 Å². The van der Waals surface area contributed by atoms with E-state index in [-0.39, 0.29) is 0 Å². The average molecular weight is 361 g/mol. The van der Waals surface area contributed by atoms with Gasteiger partial charge in [0.05, 0.1) is 0 Å². The Hall–Kier alpha value is -0.0200. The summed E-state index contributed by atoms with van der Waals surface area (Å²) in [4.78, 5) is 2.56. The van der Waals surface area contributed by atoms with Crippen LogP contribution < -0.4 is 4.90 Å². The second kappa shape index (κ2) is 5.75. The van der Waals surface area contributed by atoms with E-state index in [1.165, 1.54) is 30.6 Å². The first kappa shape index (κ1) is 13.4. The Morgan fingerprint density at radius 3 is 2.76 bits per heavy atom. The van der Waals surface area contributed by atoms with Crippen LogP contribution in [0.1, 0.15) is 32.3 Å². The lowest BCUT2D eigenvalue weighted by Crippen LogP contribution is -2.40. The van der Waals surface area contributed by atoms with Crippen molar-refractivity contribution in [2.24, 2.45) is 5.92 Å². The first-order valence-electron chi connectivity index (χ1n) is 6.23. The second-order valence-corrected chi connectivity index (χ2v) is 6.56. The Labute approximate surface area is 121 Å². The molecule has 1 saturated heterocycles. The molecule has 0 aromatic heterocycles. The molecule has 1 heterocycles. The van der Waals surface area contributed by atoms with E-state index in [0.29, 0.717) is 6.04 Å². The third-order valence-electron chi connectivity index (χ3n) is 3.63. The highest BCUT2D eigenvalue weighted by molar-refractivity contribution is 9.10. The first-order chi connectivity index (χ1) is 8.11. The van der Waals surface area contributed by atoms with Crippen molar-refractivity contribution in [3.8, 4) is 0 Å². The fourth-order valence-corrected chi connectivity index (χ4v) is 3.56. The van der Waals surface area contributed by atoms with E-state index in [1.54, 1.807) is 0 Å². The third-order valence-corrected chi connectivity index (χ3v) is 4.73. The summed E-state index contributed by atoms with van der Waals surface area (Å²) in [6.45, 7) is 5.89. The van der Waals surface area contributed by atoms with Gasteiger partial charge in [-0.05, 0) is 49.4 Å². The molecule has 0 N–H and O–H groups in total. The third kappa shape index (κ3) is 3.05. The Kier molecular flexibility index (Phi) is 4.53. The van der Waals surface area contributed by atoms with E-state index in [4.69, 9.17) is 0 Å². The number of halogens is 2. The first-order valence-corrected chi connectivity index (χ1v) is 8.14. The fourth-order valence-electron chi connectivity index (χ4n) is 2.71. The summed E-state index contributed by atoms with van der Waals surface area (Å²) in [5.74, 6) is 0.865. The van der Waals surface area contributed by atoms with Crippen molar-refractivity contribution in [3.05, 3.63) is 28.2 Å². The van der Waals surface area contributed by atoms with E-state index < -0.39 is 0 Å². The Balaban J connectivity index is 2.27. The maximum Gasteiger partial charge on any atom is 0.0410 e. The zero-order valence-corrected chi connectivity index (χ0v) is 13.6. The minimum atomic E-state index is 0.651. The number of piperidine rings is 1. The van der Waals surface area contributed by atoms with E-state index in [2.05, 4.69) is 68.8 Å². The number of anilines is 1. The maximum atomic E-state index is 3.59. The van der Waals surface area contributed by atoms with Crippen molar-refractivity contribution < 1.29 is 0 Å². The number of benzene rings is 1. The molecule has 17 heavy (non-hydrogen) atoms. The summed E-state index contributed by atoms with van der Waals surface area (Å²) in [7, 11) is 0. The van der Waals surface area contributed by atoms with Crippen LogP contribution in [0.4, 0.5) is 5.69 Å². The normalized spacial score (nSPS) is 25.1. The van der Waals surface area contributed by atoms with Crippen molar-refractivity contribution in [1.29, 1.82) is 0 Å². The molecule has 2 atom stereocenters. The number of rotatable bonds is 2.